The standard InChI is InChI=1S/C15H19NO3/c1-4-14(15-6-5-11-18-15)16(2)19-13-9-7-12(17-3)8-10-13/h5-11,14H,4H2,1-3H3. The first-order valence-corrected chi connectivity index (χ1v) is 6.33. The molecule has 1 atom stereocenters. The molecule has 2 aromatic rings. The Bertz CT molecular complexity index is 479. The van der Waals surface area contributed by atoms with E-state index < -0.39 is 0 Å². The van der Waals surface area contributed by atoms with Crippen molar-refractivity contribution >= 4 is 0 Å². The van der Waals surface area contributed by atoms with E-state index in [1.54, 1.807) is 18.4 Å². The van der Waals surface area contributed by atoms with Crippen LogP contribution in [0.4, 0.5) is 0 Å². The van der Waals surface area contributed by atoms with Crippen LogP contribution >= 0.6 is 0 Å². The van der Waals surface area contributed by atoms with Crippen molar-refractivity contribution in [2.45, 2.75) is 19.4 Å². The summed E-state index contributed by atoms with van der Waals surface area (Å²) in [5.74, 6) is 2.49. The highest BCUT2D eigenvalue weighted by atomic mass is 16.7. The molecule has 1 aromatic carbocycles. The molecule has 19 heavy (non-hydrogen) atoms. The largest absolute Gasteiger partial charge is 0.497 e. The third-order valence-corrected chi connectivity index (χ3v) is 3.01. The van der Waals surface area contributed by atoms with Gasteiger partial charge in [-0.1, -0.05) is 6.92 Å². The molecule has 1 heterocycles. The molecule has 1 aromatic heterocycles. The zero-order valence-electron chi connectivity index (χ0n) is 11.5. The van der Waals surface area contributed by atoms with Crippen LogP contribution in [0.3, 0.4) is 0 Å². The fourth-order valence-corrected chi connectivity index (χ4v) is 1.98. The molecule has 0 spiro atoms. The van der Waals surface area contributed by atoms with Gasteiger partial charge in [-0.2, -0.15) is 0 Å². The van der Waals surface area contributed by atoms with E-state index >= 15 is 0 Å². The molecule has 0 bridgehead atoms. The molecule has 4 nitrogen and oxygen atoms in total. The first-order valence-electron chi connectivity index (χ1n) is 6.33. The maximum Gasteiger partial charge on any atom is 0.147 e. The Balaban J connectivity index is 2.04. The molecule has 0 aliphatic carbocycles. The van der Waals surface area contributed by atoms with E-state index in [4.69, 9.17) is 14.0 Å². The highest BCUT2D eigenvalue weighted by Gasteiger charge is 2.19. The van der Waals surface area contributed by atoms with Gasteiger partial charge in [0, 0.05) is 7.05 Å². The van der Waals surface area contributed by atoms with Gasteiger partial charge in [0.25, 0.3) is 0 Å². The van der Waals surface area contributed by atoms with Gasteiger partial charge in [-0.3, -0.25) is 0 Å². The molecular weight excluding hydrogens is 242 g/mol. The third kappa shape index (κ3) is 3.29. The monoisotopic (exact) mass is 261 g/mol. The lowest BCUT2D eigenvalue weighted by Crippen LogP contribution is -2.27. The van der Waals surface area contributed by atoms with Gasteiger partial charge in [-0.15, -0.1) is 5.06 Å². The Hall–Kier alpha value is -1.94. The molecule has 0 amide bonds. The van der Waals surface area contributed by atoms with Gasteiger partial charge in [0.1, 0.15) is 23.3 Å². The first-order chi connectivity index (χ1) is 9.24. The Morgan fingerprint density at radius 2 is 1.84 bits per heavy atom. The summed E-state index contributed by atoms with van der Waals surface area (Å²) >= 11 is 0. The van der Waals surface area contributed by atoms with Crippen molar-refractivity contribution in [2.24, 2.45) is 0 Å². The molecule has 0 aliphatic rings. The maximum absolute atomic E-state index is 5.81. The predicted octanol–water partition coefficient (Wildman–Crippen LogP) is 3.67. The molecule has 0 N–H and O–H groups in total. The minimum Gasteiger partial charge on any atom is -0.497 e. The Morgan fingerprint density at radius 3 is 2.37 bits per heavy atom. The van der Waals surface area contributed by atoms with Gasteiger partial charge in [0.05, 0.1) is 13.4 Å². The maximum atomic E-state index is 5.81. The molecule has 0 aliphatic heterocycles. The number of furan rings is 1. The van der Waals surface area contributed by atoms with Crippen LogP contribution in [0, 0.1) is 0 Å². The van der Waals surface area contributed by atoms with E-state index in [1.807, 2.05) is 43.4 Å². The number of hydroxylamine groups is 2. The molecule has 0 radical (unpaired) electrons. The average Bonchev–Trinajstić information content (AvgIpc) is 2.94. The van der Waals surface area contributed by atoms with E-state index in [2.05, 4.69) is 6.92 Å². The van der Waals surface area contributed by atoms with Gasteiger partial charge in [0.2, 0.25) is 0 Å². The molecule has 4 heteroatoms. The Labute approximate surface area is 113 Å². The summed E-state index contributed by atoms with van der Waals surface area (Å²) in [6.07, 6.45) is 2.58. The van der Waals surface area contributed by atoms with Crippen LogP contribution in [-0.4, -0.2) is 19.2 Å². The number of nitrogens with zero attached hydrogens (tertiary/aromatic N) is 1. The van der Waals surface area contributed by atoms with Crippen molar-refractivity contribution in [1.29, 1.82) is 0 Å². The van der Waals surface area contributed by atoms with E-state index in [-0.39, 0.29) is 6.04 Å². The number of methoxy groups -OCH3 is 1. The summed E-state index contributed by atoms with van der Waals surface area (Å²) in [6, 6.07) is 11.4. The Morgan fingerprint density at radius 1 is 1.16 bits per heavy atom. The zero-order valence-corrected chi connectivity index (χ0v) is 11.5. The minimum absolute atomic E-state index is 0.0945. The molecule has 2 rings (SSSR count). The van der Waals surface area contributed by atoms with E-state index in [9.17, 15) is 0 Å². The smallest absolute Gasteiger partial charge is 0.147 e. The summed E-state index contributed by atoms with van der Waals surface area (Å²) in [5, 5.41) is 1.81. The van der Waals surface area contributed by atoms with Crippen LogP contribution < -0.4 is 9.57 Å². The van der Waals surface area contributed by atoms with Crippen LogP contribution in [-0.2, 0) is 0 Å². The highest BCUT2D eigenvalue weighted by molar-refractivity contribution is 5.30. The lowest BCUT2D eigenvalue weighted by Gasteiger charge is -2.25. The second-order valence-electron chi connectivity index (χ2n) is 4.25. The van der Waals surface area contributed by atoms with Crippen LogP contribution in [0.1, 0.15) is 25.1 Å². The Kier molecular flexibility index (Phi) is 4.47. The zero-order chi connectivity index (χ0) is 13.7. The van der Waals surface area contributed by atoms with Gasteiger partial charge in [0.15, 0.2) is 0 Å². The van der Waals surface area contributed by atoms with Crippen molar-refractivity contribution < 1.29 is 14.0 Å². The molecule has 102 valence electrons. The molecular formula is C15H19NO3. The minimum atomic E-state index is 0.0945. The normalized spacial score (nSPS) is 12.4. The third-order valence-electron chi connectivity index (χ3n) is 3.01. The van der Waals surface area contributed by atoms with Gasteiger partial charge in [-0.05, 0) is 42.8 Å². The predicted molar refractivity (Wildman–Crippen MR) is 73.1 cm³/mol. The van der Waals surface area contributed by atoms with Crippen molar-refractivity contribution in [3.63, 3.8) is 0 Å². The molecule has 1 unspecified atom stereocenters. The number of benzene rings is 1. The number of hydrogen-bond donors (Lipinski definition) is 0. The van der Waals surface area contributed by atoms with Crippen molar-refractivity contribution in [3.8, 4) is 11.5 Å². The van der Waals surface area contributed by atoms with Crippen LogP contribution in [0.25, 0.3) is 0 Å². The van der Waals surface area contributed by atoms with Crippen molar-refractivity contribution in [2.75, 3.05) is 14.2 Å². The fourth-order valence-electron chi connectivity index (χ4n) is 1.98. The van der Waals surface area contributed by atoms with Crippen LogP contribution in [0.15, 0.2) is 47.1 Å². The summed E-state index contributed by atoms with van der Waals surface area (Å²) in [6.45, 7) is 2.10. The van der Waals surface area contributed by atoms with E-state index in [1.165, 1.54) is 0 Å². The molecule has 0 saturated carbocycles. The second kappa shape index (κ2) is 6.29. The first kappa shape index (κ1) is 13.5. The van der Waals surface area contributed by atoms with Crippen molar-refractivity contribution in [3.05, 3.63) is 48.4 Å². The molecule has 0 fully saturated rings. The van der Waals surface area contributed by atoms with Crippen LogP contribution in [0.5, 0.6) is 11.5 Å². The van der Waals surface area contributed by atoms with E-state index in [0.29, 0.717) is 0 Å². The van der Waals surface area contributed by atoms with Crippen LogP contribution in [0.2, 0.25) is 0 Å². The van der Waals surface area contributed by atoms with Crippen molar-refractivity contribution in [1.82, 2.24) is 5.06 Å². The van der Waals surface area contributed by atoms with E-state index in [0.717, 1.165) is 23.7 Å². The summed E-state index contributed by atoms with van der Waals surface area (Å²) in [4.78, 5) is 5.81. The quantitative estimate of drug-likeness (QED) is 0.743. The number of hydrogen-bond acceptors (Lipinski definition) is 4. The SMILES string of the molecule is CCC(c1ccco1)N(C)Oc1ccc(OC)cc1. The molecule has 0 saturated heterocycles. The van der Waals surface area contributed by atoms with Gasteiger partial charge >= 0.3 is 0 Å². The summed E-state index contributed by atoms with van der Waals surface area (Å²) in [7, 11) is 3.55. The summed E-state index contributed by atoms with van der Waals surface area (Å²) < 4.78 is 10.6. The number of ether oxygens (including phenoxy) is 1. The summed E-state index contributed by atoms with van der Waals surface area (Å²) in [5.41, 5.74) is 0. The lowest BCUT2D eigenvalue weighted by molar-refractivity contribution is -0.0794. The fraction of sp³-hybridized carbons (Fsp3) is 0.333. The van der Waals surface area contributed by atoms with Gasteiger partial charge < -0.3 is 14.0 Å². The topological polar surface area (TPSA) is 34.8 Å². The number of rotatable bonds is 6. The highest BCUT2D eigenvalue weighted by Crippen LogP contribution is 2.25. The average molecular weight is 261 g/mol. The lowest BCUT2D eigenvalue weighted by atomic mass is 10.2. The van der Waals surface area contributed by atoms with Gasteiger partial charge in [-0.25, -0.2) is 0 Å². The second-order valence-corrected chi connectivity index (χ2v) is 4.25.